The van der Waals surface area contributed by atoms with Crippen molar-refractivity contribution in [2.45, 2.75) is 82.6 Å². The summed E-state index contributed by atoms with van der Waals surface area (Å²) in [5.74, 6) is 0.236. The van der Waals surface area contributed by atoms with Crippen LogP contribution in [-0.4, -0.2) is 37.7 Å². The third-order valence-corrected chi connectivity index (χ3v) is 13.9. The summed E-state index contributed by atoms with van der Waals surface area (Å²) in [7, 11) is -2.74. The number of aliphatic hydroxyl groups is 1. The Morgan fingerprint density at radius 2 is 1.46 bits per heavy atom. The summed E-state index contributed by atoms with van der Waals surface area (Å²) in [6, 6.07) is 31.8. The highest BCUT2D eigenvalue weighted by atomic mass is 28.4. The number of rotatable bonds is 10. The van der Waals surface area contributed by atoms with Gasteiger partial charge in [0.25, 0.3) is 8.32 Å². The molecule has 2 fully saturated rings. The van der Waals surface area contributed by atoms with Gasteiger partial charge in [0.2, 0.25) is 0 Å². The predicted octanol–water partition coefficient (Wildman–Crippen LogP) is 5.66. The molecule has 0 amide bonds. The smallest absolute Gasteiger partial charge is 0.306 e. The molecule has 3 aromatic rings. The fraction of sp³-hybridized carbons (Fsp3) is 0.441. The molecule has 2 aliphatic rings. The molecular weight excluding hydrogens is 500 g/mol. The van der Waals surface area contributed by atoms with E-state index in [1.807, 2.05) is 18.2 Å². The van der Waals surface area contributed by atoms with Gasteiger partial charge in [-0.2, -0.15) is 0 Å². The minimum Gasteiger partial charge on any atom is -0.462 e. The van der Waals surface area contributed by atoms with E-state index < -0.39 is 8.32 Å². The SMILES string of the molecule is CC(C)(C)[Si](O[C@@H]1C[C@@H]2OC(=O)C[C@@H]2[C@H]1CCC(O)CCc1ccccc1)(c1ccccc1)c1ccccc1. The third-order valence-electron chi connectivity index (χ3n) is 8.84. The topological polar surface area (TPSA) is 55.8 Å². The van der Waals surface area contributed by atoms with Crippen LogP contribution in [0.2, 0.25) is 5.04 Å². The van der Waals surface area contributed by atoms with Gasteiger partial charge in [0.05, 0.1) is 18.6 Å². The van der Waals surface area contributed by atoms with Crippen LogP contribution < -0.4 is 10.4 Å². The Morgan fingerprint density at radius 1 is 0.897 bits per heavy atom. The molecule has 4 nitrogen and oxygen atoms in total. The van der Waals surface area contributed by atoms with E-state index in [1.165, 1.54) is 15.9 Å². The van der Waals surface area contributed by atoms with Crippen molar-refractivity contribution in [3.63, 3.8) is 0 Å². The molecule has 1 aliphatic carbocycles. The van der Waals surface area contributed by atoms with Crippen LogP contribution in [0.3, 0.4) is 0 Å². The second-order valence-corrected chi connectivity index (χ2v) is 16.6. The highest BCUT2D eigenvalue weighted by Gasteiger charge is 2.57. The number of hydrogen-bond donors (Lipinski definition) is 1. The normalized spacial score (nSPS) is 23.8. The largest absolute Gasteiger partial charge is 0.462 e. The predicted molar refractivity (Wildman–Crippen MR) is 159 cm³/mol. The minimum absolute atomic E-state index is 0.0271. The third kappa shape index (κ3) is 5.91. The quantitative estimate of drug-likeness (QED) is 0.265. The van der Waals surface area contributed by atoms with Crippen LogP contribution in [0.15, 0.2) is 91.0 Å². The van der Waals surface area contributed by atoms with Crippen LogP contribution in [0, 0.1) is 11.8 Å². The van der Waals surface area contributed by atoms with E-state index in [0.717, 1.165) is 25.7 Å². The number of hydrogen-bond acceptors (Lipinski definition) is 4. The standard InChI is InChI=1S/C34H42O4Si/c1-34(2,3)39(27-15-9-5-10-16-27,28-17-11-6-12-18-28)38-32-24-31-30(23-33(36)37-31)29(32)22-21-26(35)20-19-25-13-7-4-8-14-25/h4-18,26,29-32,35H,19-24H2,1-3H3/t26?,29-,30-,31+,32-/m1/s1. The Labute approximate surface area is 234 Å². The lowest BCUT2D eigenvalue weighted by atomic mass is 9.87. The van der Waals surface area contributed by atoms with Crippen molar-refractivity contribution in [2.24, 2.45) is 11.8 Å². The van der Waals surface area contributed by atoms with Gasteiger partial charge in [-0.1, -0.05) is 112 Å². The van der Waals surface area contributed by atoms with Crippen LogP contribution >= 0.6 is 0 Å². The Kier molecular flexibility index (Phi) is 8.41. The summed E-state index contributed by atoms with van der Waals surface area (Å²) >= 11 is 0. The molecule has 1 saturated heterocycles. The van der Waals surface area contributed by atoms with E-state index in [1.54, 1.807) is 0 Å². The second-order valence-electron chi connectivity index (χ2n) is 12.4. The number of aryl methyl sites for hydroxylation is 1. The van der Waals surface area contributed by atoms with Crippen LogP contribution in [0.25, 0.3) is 0 Å². The van der Waals surface area contributed by atoms with E-state index in [4.69, 9.17) is 9.16 Å². The first kappa shape index (κ1) is 27.8. The molecule has 1 unspecified atom stereocenters. The highest BCUT2D eigenvalue weighted by molar-refractivity contribution is 6.99. The van der Waals surface area contributed by atoms with Gasteiger partial charge in [0.1, 0.15) is 6.10 Å². The van der Waals surface area contributed by atoms with Crippen molar-refractivity contribution in [3.8, 4) is 0 Å². The Bertz CT molecular complexity index is 1170. The lowest BCUT2D eigenvalue weighted by molar-refractivity contribution is -0.141. The van der Waals surface area contributed by atoms with Gasteiger partial charge >= 0.3 is 5.97 Å². The molecule has 1 heterocycles. The fourth-order valence-corrected chi connectivity index (χ4v) is 11.7. The number of aliphatic hydroxyl groups excluding tert-OH is 1. The van der Waals surface area contributed by atoms with E-state index in [9.17, 15) is 9.90 Å². The summed E-state index contributed by atoms with van der Waals surface area (Å²) in [6.45, 7) is 6.91. The van der Waals surface area contributed by atoms with Crippen LogP contribution in [-0.2, 0) is 20.4 Å². The molecule has 0 bridgehead atoms. The molecule has 1 aliphatic heterocycles. The van der Waals surface area contributed by atoms with E-state index >= 15 is 0 Å². The number of carbonyl (C=O) groups is 1. The van der Waals surface area contributed by atoms with Gasteiger partial charge in [-0.15, -0.1) is 0 Å². The summed E-state index contributed by atoms with van der Waals surface area (Å²) in [6.07, 6.45) is 3.82. The molecule has 206 valence electrons. The van der Waals surface area contributed by atoms with Gasteiger partial charge in [0, 0.05) is 12.3 Å². The van der Waals surface area contributed by atoms with Crippen molar-refractivity contribution in [3.05, 3.63) is 96.6 Å². The maximum atomic E-state index is 12.3. The summed E-state index contributed by atoms with van der Waals surface area (Å²) < 4.78 is 13.4. The van der Waals surface area contributed by atoms with Crippen molar-refractivity contribution in [2.75, 3.05) is 0 Å². The number of benzene rings is 3. The fourth-order valence-electron chi connectivity index (χ4n) is 6.92. The van der Waals surface area contributed by atoms with E-state index in [0.29, 0.717) is 12.8 Å². The van der Waals surface area contributed by atoms with Crippen molar-refractivity contribution in [1.82, 2.24) is 0 Å². The van der Waals surface area contributed by atoms with Crippen molar-refractivity contribution in [1.29, 1.82) is 0 Å². The number of fused-ring (bicyclic) bond motifs is 1. The molecule has 0 aromatic heterocycles. The summed E-state index contributed by atoms with van der Waals surface area (Å²) in [4.78, 5) is 12.3. The zero-order chi connectivity index (χ0) is 27.5. The van der Waals surface area contributed by atoms with Crippen molar-refractivity contribution >= 4 is 24.7 Å². The van der Waals surface area contributed by atoms with Crippen LogP contribution in [0.1, 0.15) is 58.4 Å². The van der Waals surface area contributed by atoms with Crippen molar-refractivity contribution < 1.29 is 19.1 Å². The summed E-state index contributed by atoms with van der Waals surface area (Å²) in [5.41, 5.74) is 1.25. The van der Waals surface area contributed by atoms with E-state index in [2.05, 4.69) is 93.6 Å². The molecule has 3 aromatic carbocycles. The molecule has 5 heteroatoms. The molecule has 0 radical (unpaired) electrons. The minimum atomic E-state index is -2.74. The molecule has 1 saturated carbocycles. The zero-order valence-electron chi connectivity index (χ0n) is 23.5. The Balaban J connectivity index is 1.41. The van der Waals surface area contributed by atoms with Gasteiger partial charge < -0.3 is 14.3 Å². The molecule has 5 atom stereocenters. The Morgan fingerprint density at radius 3 is 2.03 bits per heavy atom. The van der Waals surface area contributed by atoms with Crippen LogP contribution in [0.4, 0.5) is 0 Å². The summed E-state index contributed by atoms with van der Waals surface area (Å²) in [5, 5.41) is 13.3. The number of ether oxygens (including phenoxy) is 1. The maximum Gasteiger partial charge on any atom is 0.306 e. The maximum absolute atomic E-state index is 12.3. The number of carbonyl (C=O) groups excluding carboxylic acids is 1. The van der Waals surface area contributed by atoms with Gasteiger partial charge in [-0.25, -0.2) is 0 Å². The molecule has 39 heavy (non-hydrogen) atoms. The van der Waals surface area contributed by atoms with Crippen LogP contribution in [0.5, 0.6) is 0 Å². The highest BCUT2D eigenvalue weighted by Crippen LogP contribution is 2.48. The molecule has 1 N–H and O–H groups in total. The van der Waals surface area contributed by atoms with Gasteiger partial charge in [-0.3, -0.25) is 4.79 Å². The molecule has 5 rings (SSSR count). The first-order valence-electron chi connectivity index (χ1n) is 14.5. The average molecular weight is 543 g/mol. The van der Waals surface area contributed by atoms with E-state index in [-0.39, 0.29) is 41.2 Å². The second kappa shape index (κ2) is 11.8. The zero-order valence-corrected chi connectivity index (χ0v) is 24.5. The lowest BCUT2D eigenvalue weighted by Gasteiger charge is -2.46. The molecule has 0 spiro atoms. The number of esters is 1. The monoisotopic (exact) mass is 542 g/mol. The first-order chi connectivity index (χ1) is 18.8. The Hall–Kier alpha value is -2.73. The average Bonchev–Trinajstić information content (AvgIpc) is 3.45. The first-order valence-corrected chi connectivity index (χ1v) is 16.4. The van der Waals surface area contributed by atoms with Gasteiger partial charge in [0.15, 0.2) is 0 Å². The lowest BCUT2D eigenvalue weighted by Crippen LogP contribution is -2.68. The molecular formula is C34H42O4Si. The van der Waals surface area contributed by atoms with Gasteiger partial charge in [-0.05, 0) is 52.6 Å².